The van der Waals surface area contributed by atoms with E-state index in [1.807, 2.05) is 6.92 Å². The van der Waals surface area contributed by atoms with Gasteiger partial charge in [-0.3, -0.25) is 0 Å². The molecule has 0 bridgehead atoms. The minimum absolute atomic E-state index is 0.0833. The summed E-state index contributed by atoms with van der Waals surface area (Å²) in [5, 5.41) is 0.938. The van der Waals surface area contributed by atoms with Crippen LogP contribution in [0.25, 0.3) is 0 Å². The van der Waals surface area contributed by atoms with Gasteiger partial charge in [-0.2, -0.15) is 0 Å². The Labute approximate surface area is 32.5 Å². The molecule has 0 aliphatic heterocycles. The van der Waals surface area contributed by atoms with E-state index in [4.69, 9.17) is 4.19 Å². The van der Waals surface area contributed by atoms with Crippen LogP contribution in [0, 0.1) is 0 Å². The second-order valence-electron chi connectivity index (χ2n) is 0.418. The Morgan fingerprint density at radius 3 is 2.25 bits per heavy atom. The summed E-state index contributed by atoms with van der Waals surface area (Å²) in [6.45, 7) is 1.96. The standard InChI is InChI=1S/C2H6OSe/c1-2-4-3/h3H,2H2,1H3. The normalized spacial score (nSPS) is 7.50. The predicted octanol–water partition coefficient (Wildman–Crippen LogP) is 0.0361. The van der Waals surface area contributed by atoms with Crippen molar-refractivity contribution < 1.29 is 4.19 Å². The van der Waals surface area contributed by atoms with E-state index in [0.29, 0.717) is 0 Å². The van der Waals surface area contributed by atoms with Gasteiger partial charge in [0.15, 0.2) is 0 Å². The molecule has 2 heteroatoms. The number of hydrogen-bond acceptors (Lipinski definition) is 1. The van der Waals surface area contributed by atoms with Gasteiger partial charge in [-0.15, -0.1) is 0 Å². The molecule has 0 aliphatic rings. The van der Waals surface area contributed by atoms with Gasteiger partial charge in [0.1, 0.15) is 0 Å². The maximum atomic E-state index is 7.94. The third-order valence-electron chi connectivity index (χ3n) is 0.129. The van der Waals surface area contributed by atoms with Crippen LogP contribution >= 0.6 is 0 Å². The molecule has 0 rings (SSSR count). The molecule has 0 spiro atoms. The van der Waals surface area contributed by atoms with Crippen LogP contribution in [-0.4, -0.2) is 19.5 Å². The van der Waals surface area contributed by atoms with E-state index >= 15 is 0 Å². The van der Waals surface area contributed by atoms with Gasteiger partial charge in [-0.1, -0.05) is 0 Å². The molecule has 0 heterocycles. The molecule has 0 fully saturated rings. The minimum atomic E-state index is -0.0833. The summed E-state index contributed by atoms with van der Waals surface area (Å²) >= 11 is -0.0833. The van der Waals surface area contributed by atoms with Crippen LogP contribution in [0.5, 0.6) is 0 Å². The van der Waals surface area contributed by atoms with Gasteiger partial charge >= 0.3 is 31.7 Å². The van der Waals surface area contributed by atoms with Crippen LogP contribution in [0.4, 0.5) is 0 Å². The molecule has 0 aromatic heterocycles. The van der Waals surface area contributed by atoms with E-state index < -0.39 is 0 Å². The third kappa shape index (κ3) is 2.48. The van der Waals surface area contributed by atoms with Crippen molar-refractivity contribution in [2.24, 2.45) is 0 Å². The number of hydrogen-bond donors (Lipinski definition) is 1. The van der Waals surface area contributed by atoms with Crippen LogP contribution in [0.2, 0.25) is 5.32 Å². The molecule has 1 nitrogen and oxygen atoms in total. The molecule has 0 atom stereocenters. The second kappa shape index (κ2) is 3.48. The summed E-state index contributed by atoms with van der Waals surface area (Å²) in [6.07, 6.45) is 0. The Morgan fingerprint density at radius 2 is 2.25 bits per heavy atom. The quantitative estimate of drug-likeness (QED) is 0.490. The van der Waals surface area contributed by atoms with Crippen molar-refractivity contribution in [2.45, 2.75) is 12.2 Å². The number of rotatable bonds is 1. The summed E-state index contributed by atoms with van der Waals surface area (Å²) in [5.74, 6) is 0. The van der Waals surface area contributed by atoms with Crippen molar-refractivity contribution in [3.63, 3.8) is 0 Å². The fourth-order valence-corrected chi connectivity index (χ4v) is 0. The zero-order valence-corrected chi connectivity index (χ0v) is 4.28. The van der Waals surface area contributed by atoms with Gasteiger partial charge in [-0.25, -0.2) is 0 Å². The Morgan fingerprint density at radius 1 is 2.00 bits per heavy atom. The van der Waals surface area contributed by atoms with E-state index in [1.165, 1.54) is 0 Å². The Hall–Kier alpha value is 0.479. The molecule has 0 unspecified atom stereocenters. The first kappa shape index (κ1) is 4.48. The first-order chi connectivity index (χ1) is 1.91. The van der Waals surface area contributed by atoms with Gasteiger partial charge in [0.25, 0.3) is 0 Å². The predicted molar refractivity (Wildman–Crippen MR) is 18.5 cm³/mol. The maximum absolute atomic E-state index is 7.94. The molecule has 0 aromatic carbocycles. The zero-order valence-electron chi connectivity index (χ0n) is 2.56. The van der Waals surface area contributed by atoms with Gasteiger partial charge in [0.05, 0.1) is 0 Å². The van der Waals surface area contributed by atoms with E-state index in [1.54, 1.807) is 0 Å². The average molecular weight is 125 g/mol. The van der Waals surface area contributed by atoms with Crippen LogP contribution in [0.1, 0.15) is 6.92 Å². The molecular weight excluding hydrogens is 119 g/mol. The molecule has 0 amide bonds. The van der Waals surface area contributed by atoms with Gasteiger partial charge in [0, 0.05) is 0 Å². The average Bonchev–Trinajstić information content (AvgIpc) is 1.37. The van der Waals surface area contributed by atoms with Crippen molar-refractivity contribution in [3.05, 3.63) is 0 Å². The molecule has 0 saturated carbocycles. The van der Waals surface area contributed by atoms with Gasteiger partial charge in [0.2, 0.25) is 0 Å². The van der Waals surface area contributed by atoms with Crippen molar-refractivity contribution in [1.82, 2.24) is 0 Å². The summed E-state index contributed by atoms with van der Waals surface area (Å²) < 4.78 is 7.94. The first-order valence-corrected chi connectivity index (χ1v) is 3.16. The van der Waals surface area contributed by atoms with Crippen molar-refractivity contribution >= 4 is 15.3 Å². The molecule has 0 aliphatic carbocycles. The van der Waals surface area contributed by atoms with E-state index in [-0.39, 0.29) is 15.3 Å². The third-order valence-corrected chi connectivity index (χ3v) is 0.671. The van der Waals surface area contributed by atoms with Gasteiger partial charge < -0.3 is 0 Å². The van der Waals surface area contributed by atoms with E-state index in [2.05, 4.69) is 0 Å². The second-order valence-corrected chi connectivity index (χ2v) is 2.17. The fourth-order valence-electron chi connectivity index (χ4n) is 0. The van der Waals surface area contributed by atoms with Crippen LogP contribution in [-0.2, 0) is 0 Å². The van der Waals surface area contributed by atoms with Crippen LogP contribution in [0.15, 0.2) is 0 Å². The molecule has 0 saturated heterocycles. The van der Waals surface area contributed by atoms with Crippen LogP contribution < -0.4 is 0 Å². The SMILES string of the molecule is CC[Se]O. The summed E-state index contributed by atoms with van der Waals surface area (Å²) in [5.41, 5.74) is 0. The Balaban J connectivity index is 1.97. The van der Waals surface area contributed by atoms with Gasteiger partial charge in [-0.05, 0) is 0 Å². The zero-order chi connectivity index (χ0) is 3.41. The van der Waals surface area contributed by atoms with E-state index in [0.717, 1.165) is 5.32 Å². The van der Waals surface area contributed by atoms with Crippen molar-refractivity contribution in [3.8, 4) is 0 Å². The monoisotopic (exact) mass is 126 g/mol. The van der Waals surface area contributed by atoms with Crippen molar-refractivity contribution in [2.75, 3.05) is 0 Å². The van der Waals surface area contributed by atoms with E-state index in [9.17, 15) is 0 Å². The summed E-state index contributed by atoms with van der Waals surface area (Å²) in [7, 11) is 0. The molecule has 0 radical (unpaired) electrons. The molecule has 0 aromatic rings. The summed E-state index contributed by atoms with van der Waals surface area (Å²) in [4.78, 5) is 0. The topological polar surface area (TPSA) is 20.2 Å². The Kier molecular flexibility index (Phi) is 3.90. The first-order valence-electron chi connectivity index (χ1n) is 1.18. The van der Waals surface area contributed by atoms with Crippen LogP contribution in [0.3, 0.4) is 0 Å². The fraction of sp³-hybridized carbons (Fsp3) is 1.00. The molecule has 1 N–H and O–H groups in total. The Bertz CT molecular complexity index is 8.00. The van der Waals surface area contributed by atoms with Crippen molar-refractivity contribution in [1.29, 1.82) is 0 Å². The summed E-state index contributed by atoms with van der Waals surface area (Å²) in [6, 6.07) is 0. The molecule has 26 valence electrons. The molecule has 4 heavy (non-hydrogen) atoms. The molecular formula is C2H6OSe.